The number of nitrogens with zero attached hydrogens (tertiary/aromatic N) is 3. The van der Waals surface area contributed by atoms with Crippen molar-refractivity contribution in [2.45, 2.75) is 6.54 Å². The van der Waals surface area contributed by atoms with Crippen molar-refractivity contribution in [2.75, 3.05) is 25.6 Å². The Morgan fingerprint density at radius 1 is 1.42 bits per heavy atom. The van der Waals surface area contributed by atoms with Crippen molar-refractivity contribution in [3.63, 3.8) is 0 Å². The quantitative estimate of drug-likeness (QED) is 0.632. The van der Waals surface area contributed by atoms with Crippen LogP contribution in [-0.2, 0) is 6.54 Å². The Morgan fingerprint density at radius 2 is 2.08 bits per heavy atom. The molecule has 0 spiro atoms. The van der Waals surface area contributed by atoms with Gasteiger partial charge in [-0.2, -0.15) is 4.98 Å². The Morgan fingerprint density at radius 3 is 2.58 bits per heavy atom. The Bertz CT molecular complexity index is 270. The molecular formula is C7H13N5. The van der Waals surface area contributed by atoms with E-state index < -0.39 is 0 Å². The van der Waals surface area contributed by atoms with Crippen LogP contribution < -0.4 is 11.5 Å². The van der Waals surface area contributed by atoms with Crippen molar-refractivity contribution in [1.82, 2.24) is 14.9 Å². The summed E-state index contributed by atoms with van der Waals surface area (Å²) in [6.45, 7) is 0.728. The second kappa shape index (κ2) is 3.36. The van der Waals surface area contributed by atoms with E-state index in [9.17, 15) is 0 Å². The zero-order valence-corrected chi connectivity index (χ0v) is 7.28. The second-order valence-electron chi connectivity index (χ2n) is 2.88. The standard InChI is InChI=1S/C7H13N5/c1-12(2)4-5-3-10-7(9)11-6(5)8/h3H,4H2,1-2H3,(H4,8,9,10,11). The summed E-state index contributed by atoms with van der Waals surface area (Å²) in [5.74, 6) is 0.672. The molecule has 5 heteroatoms. The first-order chi connectivity index (χ1) is 5.59. The van der Waals surface area contributed by atoms with Crippen molar-refractivity contribution in [2.24, 2.45) is 0 Å². The van der Waals surface area contributed by atoms with Crippen molar-refractivity contribution in [3.05, 3.63) is 11.8 Å². The van der Waals surface area contributed by atoms with Gasteiger partial charge in [0, 0.05) is 18.3 Å². The summed E-state index contributed by atoms with van der Waals surface area (Å²) in [5, 5.41) is 0. The minimum absolute atomic E-state index is 0.218. The average molecular weight is 167 g/mol. The van der Waals surface area contributed by atoms with Crippen molar-refractivity contribution in [3.8, 4) is 0 Å². The van der Waals surface area contributed by atoms with Crippen LogP contribution in [-0.4, -0.2) is 29.0 Å². The number of anilines is 2. The lowest BCUT2D eigenvalue weighted by molar-refractivity contribution is 0.402. The predicted octanol–water partition coefficient (Wildman–Crippen LogP) is -0.297. The van der Waals surface area contributed by atoms with Gasteiger partial charge in [-0.25, -0.2) is 4.98 Å². The van der Waals surface area contributed by atoms with Crippen molar-refractivity contribution < 1.29 is 0 Å². The molecule has 0 aliphatic heterocycles. The Kier molecular flexibility index (Phi) is 2.44. The molecule has 0 saturated heterocycles. The predicted molar refractivity (Wildman–Crippen MR) is 48.2 cm³/mol. The monoisotopic (exact) mass is 167 g/mol. The van der Waals surface area contributed by atoms with Gasteiger partial charge in [0.1, 0.15) is 5.82 Å². The van der Waals surface area contributed by atoms with E-state index in [0.717, 1.165) is 12.1 Å². The van der Waals surface area contributed by atoms with Gasteiger partial charge < -0.3 is 16.4 Å². The highest BCUT2D eigenvalue weighted by Gasteiger charge is 2.02. The van der Waals surface area contributed by atoms with Crippen LogP contribution in [0.1, 0.15) is 5.56 Å². The van der Waals surface area contributed by atoms with E-state index in [1.165, 1.54) is 0 Å². The topological polar surface area (TPSA) is 81.1 Å². The van der Waals surface area contributed by atoms with E-state index in [-0.39, 0.29) is 5.95 Å². The first kappa shape index (κ1) is 8.73. The lowest BCUT2D eigenvalue weighted by Gasteiger charge is -2.10. The van der Waals surface area contributed by atoms with Crippen LogP contribution in [0.3, 0.4) is 0 Å². The molecule has 0 atom stereocenters. The Hall–Kier alpha value is -1.36. The van der Waals surface area contributed by atoms with Gasteiger partial charge in [-0.05, 0) is 14.1 Å². The van der Waals surface area contributed by atoms with Gasteiger partial charge >= 0.3 is 0 Å². The molecule has 0 fully saturated rings. The molecule has 0 saturated carbocycles. The highest BCUT2D eigenvalue weighted by molar-refractivity contribution is 5.41. The lowest BCUT2D eigenvalue weighted by atomic mass is 10.3. The average Bonchev–Trinajstić information content (AvgIpc) is 1.94. The third-order valence-electron chi connectivity index (χ3n) is 1.40. The van der Waals surface area contributed by atoms with Crippen LogP contribution in [0.4, 0.5) is 11.8 Å². The third-order valence-corrected chi connectivity index (χ3v) is 1.40. The maximum absolute atomic E-state index is 5.61. The summed E-state index contributed by atoms with van der Waals surface area (Å²) in [7, 11) is 3.91. The zero-order valence-electron chi connectivity index (χ0n) is 7.28. The van der Waals surface area contributed by atoms with Crippen LogP contribution in [0.5, 0.6) is 0 Å². The Balaban J connectivity index is 2.86. The molecule has 0 amide bonds. The molecule has 0 bridgehead atoms. The van der Waals surface area contributed by atoms with Gasteiger partial charge in [0.25, 0.3) is 0 Å². The van der Waals surface area contributed by atoms with Gasteiger partial charge in [0.15, 0.2) is 0 Å². The van der Waals surface area contributed by atoms with Gasteiger partial charge in [-0.3, -0.25) is 0 Å². The summed E-state index contributed by atoms with van der Waals surface area (Å²) >= 11 is 0. The van der Waals surface area contributed by atoms with E-state index in [0.29, 0.717) is 5.82 Å². The maximum atomic E-state index is 5.61. The van der Waals surface area contributed by atoms with E-state index >= 15 is 0 Å². The fraction of sp³-hybridized carbons (Fsp3) is 0.429. The third kappa shape index (κ3) is 2.06. The van der Waals surface area contributed by atoms with Gasteiger partial charge in [0.2, 0.25) is 5.95 Å². The van der Waals surface area contributed by atoms with Crippen LogP contribution in [0.15, 0.2) is 6.20 Å². The molecule has 1 rings (SSSR count). The molecule has 0 unspecified atom stereocenters. The van der Waals surface area contributed by atoms with Gasteiger partial charge in [0.05, 0.1) is 0 Å². The van der Waals surface area contributed by atoms with Crippen molar-refractivity contribution in [1.29, 1.82) is 0 Å². The zero-order chi connectivity index (χ0) is 9.14. The number of rotatable bonds is 2. The first-order valence-electron chi connectivity index (χ1n) is 3.61. The molecule has 0 aromatic carbocycles. The van der Waals surface area contributed by atoms with E-state index in [1.54, 1.807) is 6.20 Å². The van der Waals surface area contributed by atoms with Crippen LogP contribution in [0.25, 0.3) is 0 Å². The maximum Gasteiger partial charge on any atom is 0.221 e. The SMILES string of the molecule is CN(C)Cc1cnc(N)nc1N. The smallest absolute Gasteiger partial charge is 0.221 e. The van der Waals surface area contributed by atoms with E-state index in [2.05, 4.69) is 9.97 Å². The second-order valence-corrected chi connectivity index (χ2v) is 2.88. The molecular weight excluding hydrogens is 154 g/mol. The first-order valence-corrected chi connectivity index (χ1v) is 3.61. The molecule has 1 heterocycles. The fourth-order valence-electron chi connectivity index (χ4n) is 0.897. The van der Waals surface area contributed by atoms with Crippen LogP contribution in [0, 0.1) is 0 Å². The Labute approximate surface area is 71.4 Å². The molecule has 4 N–H and O–H groups in total. The lowest BCUT2D eigenvalue weighted by Crippen LogP contribution is -2.14. The van der Waals surface area contributed by atoms with E-state index in [1.807, 2.05) is 19.0 Å². The molecule has 0 aliphatic carbocycles. The number of aromatic nitrogens is 2. The number of nitrogen functional groups attached to an aromatic ring is 2. The molecule has 12 heavy (non-hydrogen) atoms. The normalized spacial score (nSPS) is 10.6. The van der Waals surface area contributed by atoms with Gasteiger partial charge in [-0.1, -0.05) is 0 Å². The highest BCUT2D eigenvalue weighted by Crippen LogP contribution is 2.09. The van der Waals surface area contributed by atoms with Crippen LogP contribution >= 0.6 is 0 Å². The summed E-state index contributed by atoms with van der Waals surface area (Å²) < 4.78 is 0. The fourth-order valence-corrected chi connectivity index (χ4v) is 0.897. The van der Waals surface area contributed by atoms with Crippen molar-refractivity contribution >= 4 is 11.8 Å². The number of hydrogen-bond acceptors (Lipinski definition) is 5. The molecule has 1 aromatic rings. The summed E-state index contributed by atoms with van der Waals surface area (Å²) in [5.41, 5.74) is 11.9. The largest absolute Gasteiger partial charge is 0.383 e. The molecule has 5 nitrogen and oxygen atoms in total. The minimum Gasteiger partial charge on any atom is -0.383 e. The summed E-state index contributed by atoms with van der Waals surface area (Å²) in [6, 6.07) is 0. The molecule has 66 valence electrons. The van der Waals surface area contributed by atoms with E-state index in [4.69, 9.17) is 11.5 Å². The molecule has 0 aliphatic rings. The molecule has 0 radical (unpaired) electrons. The highest BCUT2D eigenvalue weighted by atomic mass is 15.1. The minimum atomic E-state index is 0.218. The number of hydrogen-bond donors (Lipinski definition) is 2. The van der Waals surface area contributed by atoms with Gasteiger partial charge in [-0.15, -0.1) is 0 Å². The van der Waals surface area contributed by atoms with Crippen LogP contribution in [0.2, 0.25) is 0 Å². The molecule has 1 aromatic heterocycles. The summed E-state index contributed by atoms with van der Waals surface area (Å²) in [6.07, 6.45) is 1.65. The summed E-state index contributed by atoms with van der Waals surface area (Å²) in [4.78, 5) is 9.69. The number of nitrogens with two attached hydrogens (primary N) is 2.